The first-order valence-electron chi connectivity index (χ1n) is 11.3. The number of rotatable bonds is 7. The Hall–Kier alpha value is -3.88. The molecule has 0 atom stereocenters. The van der Waals surface area contributed by atoms with E-state index < -0.39 is 0 Å². The lowest BCUT2D eigenvalue weighted by Gasteiger charge is -2.18. The predicted octanol–water partition coefficient (Wildman–Crippen LogP) is 4.00. The lowest BCUT2D eigenvalue weighted by molar-refractivity contribution is 0.0793. The van der Waals surface area contributed by atoms with E-state index in [9.17, 15) is 9.59 Å². The number of aromatic nitrogens is 2. The molecule has 1 fully saturated rings. The van der Waals surface area contributed by atoms with E-state index in [-0.39, 0.29) is 11.9 Å². The number of hydrogen-bond donors (Lipinski definition) is 1. The van der Waals surface area contributed by atoms with Crippen LogP contribution in [0.2, 0.25) is 0 Å². The number of urea groups is 1. The molecule has 178 valence electrons. The lowest BCUT2D eigenvalue weighted by atomic mass is 10.1. The van der Waals surface area contributed by atoms with Crippen molar-refractivity contribution in [2.75, 3.05) is 39.1 Å². The number of ether oxygens (including phenoxy) is 1. The van der Waals surface area contributed by atoms with Crippen LogP contribution in [0.15, 0.2) is 47.0 Å². The molecular weight excluding hydrogens is 434 g/mol. The zero-order valence-electron chi connectivity index (χ0n) is 19.7. The van der Waals surface area contributed by atoms with Gasteiger partial charge in [-0.25, -0.2) is 4.79 Å². The Balaban J connectivity index is 1.32. The highest BCUT2D eigenvalue weighted by Gasteiger charge is 2.20. The molecule has 0 bridgehead atoms. The third-order valence-electron chi connectivity index (χ3n) is 5.85. The maximum Gasteiger partial charge on any atom is 0.321 e. The Morgan fingerprint density at radius 3 is 2.59 bits per heavy atom. The molecule has 1 N–H and O–H groups in total. The molecule has 3 aromatic rings. The first-order chi connectivity index (χ1) is 16.4. The summed E-state index contributed by atoms with van der Waals surface area (Å²) in [5, 5.41) is 6.90. The van der Waals surface area contributed by atoms with Gasteiger partial charge in [-0.1, -0.05) is 11.2 Å². The minimum Gasteiger partial charge on any atom is -0.495 e. The zero-order chi connectivity index (χ0) is 24.1. The van der Waals surface area contributed by atoms with Crippen molar-refractivity contribution in [1.82, 2.24) is 19.9 Å². The highest BCUT2D eigenvalue weighted by molar-refractivity contribution is 5.94. The lowest BCUT2D eigenvalue weighted by Crippen LogP contribution is -2.33. The number of anilines is 1. The molecule has 1 saturated heterocycles. The van der Waals surface area contributed by atoms with Gasteiger partial charge < -0.3 is 24.4 Å². The van der Waals surface area contributed by atoms with Gasteiger partial charge in [-0.15, -0.1) is 0 Å². The monoisotopic (exact) mass is 463 g/mol. The fourth-order valence-electron chi connectivity index (χ4n) is 3.83. The van der Waals surface area contributed by atoms with E-state index in [0.29, 0.717) is 41.7 Å². The number of methoxy groups -OCH3 is 1. The van der Waals surface area contributed by atoms with Crippen LogP contribution in [-0.2, 0) is 6.42 Å². The number of aryl methyl sites for hydroxylation is 1. The number of nitrogens with zero attached hydrogens (tertiary/aromatic N) is 4. The third-order valence-corrected chi connectivity index (χ3v) is 5.85. The largest absolute Gasteiger partial charge is 0.495 e. The van der Waals surface area contributed by atoms with Gasteiger partial charge >= 0.3 is 6.03 Å². The standard InChI is InChI=1S/C25H29N5O4/c1-17-6-11-21(33-3)20(16-17)26-25(32)29(2)15-12-22-27-23(34-28-22)18-7-9-19(10-8-18)24(31)30-13-4-5-14-30/h6-11,16H,4-5,12-15H2,1-3H3,(H,26,32). The summed E-state index contributed by atoms with van der Waals surface area (Å²) < 4.78 is 10.7. The van der Waals surface area contributed by atoms with Crippen molar-refractivity contribution < 1.29 is 18.8 Å². The van der Waals surface area contributed by atoms with Crippen LogP contribution in [0, 0.1) is 6.92 Å². The van der Waals surface area contributed by atoms with Crippen molar-refractivity contribution in [3.8, 4) is 17.2 Å². The maximum absolute atomic E-state index is 12.6. The van der Waals surface area contributed by atoms with Crippen molar-refractivity contribution >= 4 is 17.6 Å². The van der Waals surface area contributed by atoms with Crippen molar-refractivity contribution in [2.24, 2.45) is 0 Å². The normalized spacial score (nSPS) is 13.1. The van der Waals surface area contributed by atoms with Gasteiger partial charge in [0.25, 0.3) is 11.8 Å². The predicted molar refractivity (Wildman–Crippen MR) is 128 cm³/mol. The van der Waals surface area contributed by atoms with Crippen LogP contribution < -0.4 is 10.1 Å². The van der Waals surface area contributed by atoms with Crippen LogP contribution in [0.1, 0.15) is 34.6 Å². The van der Waals surface area contributed by atoms with Crippen LogP contribution in [0.3, 0.4) is 0 Å². The quantitative estimate of drug-likeness (QED) is 0.569. The Morgan fingerprint density at radius 1 is 1.15 bits per heavy atom. The maximum atomic E-state index is 12.6. The smallest absolute Gasteiger partial charge is 0.321 e. The number of likely N-dealkylation sites (tertiary alicyclic amines) is 1. The van der Waals surface area contributed by atoms with Gasteiger partial charge in [0.2, 0.25) is 0 Å². The van der Waals surface area contributed by atoms with Crippen LogP contribution in [0.5, 0.6) is 5.75 Å². The van der Waals surface area contributed by atoms with Gasteiger partial charge in [0.05, 0.1) is 12.8 Å². The number of benzene rings is 2. The molecule has 34 heavy (non-hydrogen) atoms. The van der Waals surface area contributed by atoms with Crippen molar-refractivity contribution in [3.63, 3.8) is 0 Å². The highest BCUT2D eigenvalue weighted by atomic mass is 16.5. The molecule has 4 rings (SSSR count). The van der Waals surface area contributed by atoms with Crippen molar-refractivity contribution in [1.29, 1.82) is 0 Å². The number of likely N-dealkylation sites (N-methyl/N-ethyl adjacent to an activating group) is 1. The SMILES string of the molecule is COc1ccc(C)cc1NC(=O)N(C)CCc1noc(-c2ccc(C(=O)N3CCCC3)cc2)n1. The Morgan fingerprint density at radius 2 is 1.88 bits per heavy atom. The molecule has 0 spiro atoms. The molecule has 1 aliphatic rings. The Bertz CT molecular complexity index is 1150. The number of amides is 3. The summed E-state index contributed by atoms with van der Waals surface area (Å²) in [5.74, 6) is 1.54. The third kappa shape index (κ3) is 5.36. The number of hydrogen-bond acceptors (Lipinski definition) is 6. The van der Waals surface area contributed by atoms with E-state index in [2.05, 4.69) is 15.5 Å². The van der Waals surface area contributed by atoms with E-state index in [0.717, 1.165) is 37.1 Å². The summed E-state index contributed by atoms with van der Waals surface area (Å²) in [4.78, 5) is 33.0. The van der Waals surface area contributed by atoms with Gasteiger partial charge in [-0.3, -0.25) is 4.79 Å². The van der Waals surface area contributed by atoms with Crippen LogP contribution in [-0.4, -0.2) is 65.7 Å². The summed E-state index contributed by atoms with van der Waals surface area (Å²) in [6.07, 6.45) is 2.56. The fourth-order valence-corrected chi connectivity index (χ4v) is 3.83. The molecule has 1 aromatic heterocycles. The molecule has 0 unspecified atom stereocenters. The van der Waals surface area contributed by atoms with E-state index in [4.69, 9.17) is 9.26 Å². The molecule has 0 saturated carbocycles. The van der Waals surface area contributed by atoms with Gasteiger partial charge in [0.15, 0.2) is 5.82 Å². The van der Waals surface area contributed by atoms with Gasteiger partial charge in [-0.05, 0) is 61.7 Å². The zero-order valence-corrected chi connectivity index (χ0v) is 19.7. The van der Waals surface area contributed by atoms with Crippen molar-refractivity contribution in [3.05, 3.63) is 59.4 Å². The minimum absolute atomic E-state index is 0.0554. The van der Waals surface area contributed by atoms with Gasteiger partial charge in [-0.2, -0.15) is 4.98 Å². The molecule has 3 amide bonds. The average Bonchev–Trinajstić information content (AvgIpc) is 3.55. The molecule has 2 heterocycles. The summed E-state index contributed by atoms with van der Waals surface area (Å²) in [5.41, 5.74) is 3.04. The minimum atomic E-state index is -0.258. The second-order valence-electron chi connectivity index (χ2n) is 8.40. The number of carbonyl (C=O) groups is 2. The molecule has 9 nitrogen and oxygen atoms in total. The van der Waals surface area contributed by atoms with Crippen LogP contribution in [0.25, 0.3) is 11.5 Å². The topological polar surface area (TPSA) is 101 Å². The highest BCUT2D eigenvalue weighted by Crippen LogP contribution is 2.25. The molecule has 0 radical (unpaired) electrons. The average molecular weight is 464 g/mol. The summed E-state index contributed by atoms with van der Waals surface area (Å²) in [6, 6.07) is 12.6. The Kier molecular flexibility index (Phi) is 7.10. The molecule has 0 aliphatic carbocycles. The van der Waals surface area contributed by atoms with E-state index >= 15 is 0 Å². The molecule has 1 aliphatic heterocycles. The van der Waals surface area contributed by atoms with E-state index in [1.807, 2.05) is 42.2 Å². The second kappa shape index (κ2) is 10.4. The van der Waals surface area contributed by atoms with E-state index in [1.54, 1.807) is 31.2 Å². The van der Waals surface area contributed by atoms with E-state index in [1.165, 1.54) is 0 Å². The molecular formula is C25H29N5O4. The summed E-state index contributed by atoms with van der Waals surface area (Å²) in [7, 11) is 3.27. The number of nitrogens with one attached hydrogen (secondary N) is 1. The summed E-state index contributed by atoms with van der Waals surface area (Å²) in [6.45, 7) is 3.99. The van der Waals surface area contributed by atoms with Crippen LogP contribution >= 0.6 is 0 Å². The number of carbonyl (C=O) groups excluding carboxylic acids is 2. The summed E-state index contributed by atoms with van der Waals surface area (Å²) >= 11 is 0. The molecule has 9 heteroatoms. The van der Waals surface area contributed by atoms with Crippen LogP contribution in [0.4, 0.5) is 10.5 Å². The first kappa shape index (κ1) is 23.3. The fraction of sp³-hybridized carbons (Fsp3) is 0.360. The first-order valence-corrected chi connectivity index (χ1v) is 11.3. The second-order valence-corrected chi connectivity index (χ2v) is 8.40. The molecule has 2 aromatic carbocycles. The van der Waals surface area contributed by atoms with Gasteiger partial charge in [0.1, 0.15) is 5.75 Å². The van der Waals surface area contributed by atoms with Gasteiger partial charge in [0, 0.05) is 44.2 Å². The van der Waals surface area contributed by atoms with Crippen molar-refractivity contribution in [2.45, 2.75) is 26.2 Å². The Labute approximate surface area is 198 Å².